The van der Waals surface area contributed by atoms with Crippen molar-refractivity contribution in [1.29, 1.82) is 0 Å². The Morgan fingerprint density at radius 2 is 0.868 bits per heavy atom. The number of benzene rings is 2. The van der Waals surface area contributed by atoms with Crippen molar-refractivity contribution in [2.24, 2.45) is 33.5 Å². The molecule has 2 aliphatic carbocycles. The second kappa shape index (κ2) is 35.9. The lowest BCUT2D eigenvalue weighted by atomic mass is 9.85. The van der Waals surface area contributed by atoms with Crippen molar-refractivity contribution in [1.82, 2.24) is 61.6 Å². The van der Waals surface area contributed by atoms with Gasteiger partial charge in [0.15, 0.2) is 10.3 Å². The SMILES string of the molecule is C=CC1C[C@]1(NC(=O)[C@@H]1CC(Oc2cc(-c3csc(NC(C)=O)n3)nc3cc(OC)ccc23)CN1C(=O)[C@@H](NC(=O)NC(C)C(C)(C)C)C(C)(C)C)C(=O)OC.C=CC1C[C@]1(NC(=O)[C@@H]1CC(Oc2cc(-c3csc(NC(C)=O)n3)nc3cc(OC)ccc23)CN1C(=O)[C@@H](NC(=O)NC(C)C(C)(C)C)C(C)(C)C)C(=O)OC.CO. The van der Waals surface area contributed by atoms with Gasteiger partial charge in [-0.2, -0.15) is 0 Å². The van der Waals surface area contributed by atoms with E-state index in [0.29, 0.717) is 90.7 Å². The number of fused-ring (bicyclic) bond motifs is 2. The van der Waals surface area contributed by atoms with Crippen molar-refractivity contribution in [3.8, 4) is 45.8 Å². The van der Waals surface area contributed by atoms with Crippen LogP contribution in [0.5, 0.6) is 23.0 Å². The molecule has 0 spiro atoms. The molecule has 4 fully saturated rings. The summed E-state index contributed by atoms with van der Waals surface area (Å²) in [6.45, 7) is 37.2. The van der Waals surface area contributed by atoms with Crippen LogP contribution in [-0.2, 0) is 47.8 Å². The number of urea groups is 2. The van der Waals surface area contributed by atoms with Crippen LogP contribution in [0.4, 0.5) is 19.9 Å². The molecule has 2 saturated heterocycles. The number of hydrogen-bond acceptors (Lipinski definition) is 23. The molecule has 4 aliphatic rings. The smallest absolute Gasteiger partial charge is 0.332 e. The van der Waals surface area contributed by atoms with Crippen molar-refractivity contribution < 1.29 is 81.5 Å². The molecule has 4 aromatic heterocycles. The molecule has 6 aromatic rings. The molecule has 0 bridgehead atoms. The summed E-state index contributed by atoms with van der Waals surface area (Å²) in [5.41, 5.74) is -1.60. The fourth-order valence-electron chi connectivity index (χ4n) is 13.1. The van der Waals surface area contributed by atoms with E-state index >= 15 is 0 Å². The van der Waals surface area contributed by atoms with Crippen LogP contribution < -0.4 is 61.5 Å². The highest BCUT2D eigenvalue weighted by Crippen LogP contribution is 2.48. The Kier molecular flexibility index (Phi) is 28.0. The second-order valence-corrected chi connectivity index (χ2v) is 34.9. The van der Waals surface area contributed by atoms with Crippen molar-refractivity contribution in [2.45, 2.75) is 196 Å². The first-order chi connectivity index (χ1) is 53.4. The minimum absolute atomic E-state index is 0.0139. The lowest BCUT2D eigenvalue weighted by Crippen LogP contribution is -2.61. The number of nitrogens with zero attached hydrogens (tertiary/aromatic N) is 6. The Bertz CT molecular complexity index is 4330. The molecule has 12 atom stereocenters. The number of thiazole rings is 2. The summed E-state index contributed by atoms with van der Waals surface area (Å²) in [4.78, 5) is 155. The number of aliphatic hydroxyl groups is 1. The highest BCUT2D eigenvalue weighted by molar-refractivity contribution is 7.14. The van der Waals surface area contributed by atoms with Crippen molar-refractivity contribution in [3.05, 3.63) is 84.6 Å². The third-order valence-corrected chi connectivity index (χ3v) is 22.3. The van der Waals surface area contributed by atoms with Crippen LogP contribution >= 0.6 is 22.7 Å². The Morgan fingerprint density at radius 1 is 0.518 bits per heavy atom. The van der Waals surface area contributed by atoms with Gasteiger partial charge in [-0.15, -0.1) is 35.8 Å². The van der Waals surface area contributed by atoms with Gasteiger partial charge in [-0.3, -0.25) is 28.8 Å². The van der Waals surface area contributed by atoms with Crippen LogP contribution in [-0.4, -0.2) is 202 Å². The van der Waals surface area contributed by atoms with Gasteiger partial charge < -0.3 is 85.9 Å². The molecule has 0 radical (unpaired) electrons. The van der Waals surface area contributed by atoms with Gasteiger partial charge in [0.1, 0.15) is 81.8 Å². The Hall–Kier alpha value is -10.5. The zero-order chi connectivity index (χ0) is 84.7. The fourth-order valence-corrected chi connectivity index (χ4v) is 14.6. The summed E-state index contributed by atoms with van der Waals surface area (Å²) < 4.78 is 34.4. The Labute approximate surface area is 673 Å². The van der Waals surface area contributed by atoms with E-state index in [-0.39, 0.29) is 72.5 Å². The van der Waals surface area contributed by atoms with Crippen molar-refractivity contribution >= 4 is 114 Å². The highest BCUT2D eigenvalue weighted by Gasteiger charge is 2.63. The predicted molar refractivity (Wildman–Crippen MR) is 435 cm³/mol. The minimum atomic E-state index is -1.30. The molecular weight excluding hydrogens is 1510 g/mol. The van der Waals surface area contributed by atoms with E-state index < -0.39 is 106 Å². The topological polar surface area (TPSA) is 401 Å². The summed E-state index contributed by atoms with van der Waals surface area (Å²) in [7, 11) is 6.61. The maximum Gasteiger partial charge on any atom is 0.332 e. The Balaban J connectivity index is 0.000000279. The molecule has 10 amide bonds. The van der Waals surface area contributed by atoms with Gasteiger partial charge in [-0.1, -0.05) is 95.2 Å². The van der Waals surface area contributed by atoms with Crippen molar-refractivity contribution in [3.63, 3.8) is 0 Å². The van der Waals surface area contributed by atoms with Gasteiger partial charge in [0.05, 0.1) is 63.9 Å². The van der Waals surface area contributed by atoms with Crippen LogP contribution in [0.1, 0.15) is 136 Å². The molecule has 9 N–H and O–H groups in total. The van der Waals surface area contributed by atoms with E-state index in [2.05, 4.69) is 65.7 Å². The molecule has 114 heavy (non-hydrogen) atoms. The van der Waals surface area contributed by atoms with Gasteiger partial charge in [-0.25, -0.2) is 39.1 Å². The third-order valence-electron chi connectivity index (χ3n) is 20.8. The third kappa shape index (κ3) is 20.9. The van der Waals surface area contributed by atoms with E-state index in [0.717, 1.165) is 7.11 Å². The van der Waals surface area contributed by atoms with Crippen LogP contribution in [0.15, 0.2) is 84.6 Å². The summed E-state index contributed by atoms with van der Waals surface area (Å²) in [6.07, 6.45) is 2.53. The van der Waals surface area contributed by atoms with Crippen LogP contribution in [0, 0.1) is 33.5 Å². The van der Waals surface area contributed by atoms with Gasteiger partial charge in [0, 0.05) is 104 Å². The molecule has 2 aromatic carbocycles. The molecular formula is C81H110N14O17S2. The number of pyridine rings is 2. The summed E-state index contributed by atoms with van der Waals surface area (Å²) in [6, 6.07) is 8.47. The van der Waals surface area contributed by atoms with Gasteiger partial charge in [0.2, 0.25) is 35.4 Å². The number of methoxy groups -OCH3 is 4. The number of aromatic nitrogens is 4. The fraction of sp³-hybridized carbons (Fsp3) is 0.531. The number of ether oxygens (including phenoxy) is 6. The highest BCUT2D eigenvalue weighted by atomic mass is 32.1. The number of amides is 10. The molecule has 618 valence electrons. The molecule has 33 heteroatoms. The lowest BCUT2D eigenvalue weighted by molar-refractivity contribution is -0.148. The predicted octanol–water partition coefficient (Wildman–Crippen LogP) is 9.72. The first-order valence-corrected chi connectivity index (χ1v) is 39.2. The molecule has 10 rings (SSSR count). The number of likely N-dealkylation sites (tertiary alicyclic amines) is 2. The molecule has 31 nitrogen and oxygen atoms in total. The number of nitrogens with one attached hydrogen (secondary N) is 8. The Morgan fingerprint density at radius 3 is 1.16 bits per heavy atom. The van der Waals surface area contributed by atoms with E-state index in [1.165, 1.54) is 60.5 Å². The number of aliphatic hydroxyl groups excluding tert-OH is 1. The first kappa shape index (κ1) is 89.0. The number of anilines is 2. The standard InChI is InChI=1S/2C40H53N7O8S.CH4O/c2*1-12-23-18-40(23,35(51)54-11)46-33(49)30-16-25(19-47(30)34(50)32(39(7,8)9)45-36(52)41-21(2)38(4,5)6)55-31-17-28(29-20-56-37(44-29)42-22(3)48)43-27-15-24(53-10)13-14-26(27)31;1-2/h2*12-15,17,20-21,23,25,30,32H,1,16,18-19H2,2-11H3,(H,46,49)(H2,41,45,52)(H,42,44,48);2H,1H3/t2*21?,23?,25?,30-,32+,40+;/m00./s1. The first-order valence-electron chi connectivity index (χ1n) is 37.4. The van der Waals surface area contributed by atoms with Gasteiger partial charge in [-0.05, 0) is 72.6 Å². The number of hydrogen-bond donors (Lipinski definition) is 9. The number of carbonyl (C=O) groups is 10. The van der Waals surface area contributed by atoms with Crippen LogP contribution in [0.3, 0.4) is 0 Å². The van der Waals surface area contributed by atoms with E-state index in [9.17, 15) is 47.9 Å². The van der Waals surface area contributed by atoms with E-state index in [4.69, 9.17) is 43.5 Å². The molecule has 6 unspecified atom stereocenters. The quantitative estimate of drug-likeness (QED) is 0.0201. The monoisotopic (exact) mass is 1610 g/mol. The molecule has 2 aliphatic heterocycles. The number of rotatable bonds is 24. The summed E-state index contributed by atoms with van der Waals surface area (Å²) in [5.74, 6) is -2.52. The summed E-state index contributed by atoms with van der Waals surface area (Å²) in [5, 5.41) is 35.4. The van der Waals surface area contributed by atoms with Gasteiger partial charge in [0.25, 0.3) is 0 Å². The zero-order valence-corrected chi connectivity index (χ0v) is 70.5. The summed E-state index contributed by atoms with van der Waals surface area (Å²) >= 11 is 2.50. The number of carbonyl (C=O) groups excluding carboxylic acids is 10. The largest absolute Gasteiger partial charge is 0.497 e. The average Bonchev–Trinajstić information content (AvgIpc) is 1.58. The van der Waals surface area contributed by atoms with Crippen LogP contribution in [0.25, 0.3) is 44.6 Å². The number of esters is 2. The van der Waals surface area contributed by atoms with Crippen LogP contribution in [0.2, 0.25) is 0 Å². The average molecular weight is 1620 g/mol. The minimum Gasteiger partial charge on any atom is -0.497 e. The molecule has 6 heterocycles. The molecule has 2 saturated carbocycles. The van der Waals surface area contributed by atoms with E-state index in [1.807, 2.05) is 109 Å². The second-order valence-electron chi connectivity index (χ2n) is 33.2. The normalized spacial score (nSPS) is 21.4. The maximum absolute atomic E-state index is 14.7. The zero-order valence-electron chi connectivity index (χ0n) is 68.8. The maximum atomic E-state index is 14.7. The van der Waals surface area contributed by atoms with Crippen molar-refractivity contribution in [2.75, 3.05) is 59.3 Å². The van der Waals surface area contributed by atoms with E-state index in [1.54, 1.807) is 73.5 Å². The lowest BCUT2D eigenvalue weighted by Gasteiger charge is -2.36. The van der Waals surface area contributed by atoms with Gasteiger partial charge >= 0.3 is 24.0 Å².